The van der Waals surface area contributed by atoms with E-state index in [-0.39, 0.29) is 12.1 Å². The second-order valence-electron chi connectivity index (χ2n) is 7.24. The van der Waals surface area contributed by atoms with Gasteiger partial charge >= 0.3 is 6.09 Å². The van der Waals surface area contributed by atoms with E-state index >= 15 is 0 Å². The van der Waals surface area contributed by atoms with E-state index in [1.54, 1.807) is 11.1 Å². The van der Waals surface area contributed by atoms with Gasteiger partial charge in [0.1, 0.15) is 11.3 Å². The monoisotopic (exact) mass is 344 g/mol. The van der Waals surface area contributed by atoms with Gasteiger partial charge in [0.25, 0.3) is 5.89 Å². The van der Waals surface area contributed by atoms with Gasteiger partial charge in [-0.05, 0) is 52.2 Å². The van der Waals surface area contributed by atoms with Crippen molar-refractivity contribution in [3.05, 3.63) is 30.3 Å². The van der Waals surface area contributed by atoms with Crippen LogP contribution in [0, 0.1) is 0 Å². The number of amides is 1. The maximum absolute atomic E-state index is 12.5. The number of carbonyl (C=O) groups excluding carboxylic acids is 1. The van der Waals surface area contributed by atoms with Gasteiger partial charge in [0, 0.05) is 25.2 Å². The summed E-state index contributed by atoms with van der Waals surface area (Å²) in [4.78, 5) is 18.5. The smallest absolute Gasteiger partial charge is 0.410 e. The van der Waals surface area contributed by atoms with Crippen molar-refractivity contribution < 1.29 is 13.9 Å². The molecule has 0 aromatic carbocycles. The summed E-state index contributed by atoms with van der Waals surface area (Å²) in [5.41, 5.74) is 0.143. The normalized spacial score (nSPS) is 18.2. The topological polar surface area (TPSA) is 81.4 Å². The van der Waals surface area contributed by atoms with Gasteiger partial charge in [0.15, 0.2) is 0 Å². The molecular formula is C18H24N4O3. The second-order valence-corrected chi connectivity index (χ2v) is 7.24. The molecule has 0 radical (unpaired) electrons. The summed E-state index contributed by atoms with van der Waals surface area (Å²) in [6, 6.07) is 5.55. The molecule has 1 aliphatic rings. The third-order valence-electron chi connectivity index (χ3n) is 4.02. The number of hydrogen-bond donors (Lipinski definition) is 0. The lowest BCUT2D eigenvalue weighted by Gasteiger charge is -2.36. The fourth-order valence-corrected chi connectivity index (χ4v) is 2.90. The summed E-state index contributed by atoms with van der Waals surface area (Å²) < 4.78 is 11.3. The summed E-state index contributed by atoms with van der Waals surface area (Å²) in [6.07, 6.45) is 4.90. The molecular weight excluding hydrogens is 320 g/mol. The van der Waals surface area contributed by atoms with Gasteiger partial charge in [-0.1, -0.05) is 6.07 Å². The van der Waals surface area contributed by atoms with E-state index < -0.39 is 5.60 Å². The Kier molecular flexibility index (Phi) is 5.01. The summed E-state index contributed by atoms with van der Waals surface area (Å²) in [7, 11) is 0. The maximum atomic E-state index is 12.5. The predicted molar refractivity (Wildman–Crippen MR) is 91.8 cm³/mol. The Morgan fingerprint density at radius 3 is 2.88 bits per heavy atom. The van der Waals surface area contributed by atoms with Gasteiger partial charge in [0.05, 0.1) is 0 Å². The summed E-state index contributed by atoms with van der Waals surface area (Å²) in [5, 5.41) is 8.19. The van der Waals surface area contributed by atoms with Crippen molar-refractivity contribution in [2.45, 2.75) is 58.1 Å². The summed E-state index contributed by atoms with van der Waals surface area (Å²) in [6.45, 7) is 6.32. The van der Waals surface area contributed by atoms with Crippen molar-refractivity contribution in [2.75, 3.05) is 6.54 Å². The van der Waals surface area contributed by atoms with Crippen molar-refractivity contribution in [3.8, 4) is 11.6 Å². The molecule has 0 N–H and O–H groups in total. The number of likely N-dealkylation sites (tertiary alicyclic amines) is 1. The molecule has 7 heteroatoms. The molecule has 1 atom stereocenters. The van der Waals surface area contributed by atoms with Crippen LogP contribution < -0.4 is 0 Å². The molecule has 0 spiro atoms. The first-order valence-corrected chi connectivity index (χ1v) is 8.66. The van der Waals surface area contributed by atoms with Crippen LogP contribution in [0.4, 0.5) is 4.79 Å². The zero-order valence-corrected chi connectivity index (χ0v) is 14.9. The van der Waals surface area contributed by atoms with E-state index in [0.717, 1.165) is 19.3 Å². The van der Waals surface area contributed by atoms with Crippen LogP contribution in [-0.2, 0) is 11.2 Å². The lowest BCUT2D eigenvalue weighted by molar-refractivity contribution is 0.00931. The van der Waals surface area contributed by atoms with Gasteiger partial charge in [-0.15, -0.1) is 10.2 Å². The SMILES string of the molecule is CC(C)(C)OC(=O)N1CCCCC1Cc1nnc(-c2ccccn2)o1. The Morgan fingerprint density at radius 1 is 1.32 bits per heavy atom. The van der Waals surface area contributed by atoms with Crippen LogP contribution in [0.15, 0.2) is 28.8 Å². The number of carbonyl (C=O) groups is 1. The average Bonchev–Trinajstić information content (AvgIpc) is 3.03. The van der Waals surface area contributed by atoms with Gasteiger partial charge in [0.2, 0.25) is 5.89 Å². The highest BCUT2D eigenvalue weighted by Gasteiger charge is 2.31. The molecule has 1 aliphatic heterocycles. The van der Waals surface area contributed by atoms with Crippen molar-refractivity contribution >= 4 is 6.09 Å². The summed E-state index contributed by atoms with van der Waals surface area (Å²) in [5.74, 6) is 0.913. The van der Waals surface area contributed by atoms with Crippen molar-refractivity contribution in [1.82, 2.24) is 20.1 Å². The molecule has 134 valence electrons. The molecule has 1 amide bonds. The maximum Gasteiger partial charge on any atom is 0.410 e. The quantitative estimate of drug-likeness (QED) is 0.848. The lowest BCUT2D eigenvalue weighted by atomic mass is 10.00. The van der Waals surface area contributed by atoms with Crippen LogP contribution in [0.25, 0.3) is 11.6 Å². The van der Waals surface area contributed by atoms with E-state index in [0.29, 0.717) is 30.4 Å². The third-order valence-corrected chi connectivity index (χ3v) is 4.02. The molecule has 0 aliphatic carbocycles. The number of aromatic nitrogens is 3. The Balaban J connectivity index is 1.70. The largest absolute Gasteiger partial charge is 0.444 e. The Morgan fingerprint density at radius 2 is 2.16 bits per heavy atom. The zero-order valence-electron chi connectivity index (χ0n) is 14.9. The zero-order chi connectivity index (χ0) is 17.9. The first kappa shape index (κ1) is 17.4. The molecule has 2 aromatic rings. The van der Waals surface area contributed by atoms with Crippen LogP contribution in [0.3, 0.4) is 0 Å². The molecule has 0 saturated carbocycles. The van der Waals surface area contributed by atoms with E-state index in [2.05, 4.69) is 15.2 Å². The fourth-order valence-electron chi connectivity index (χ4n) is 2.90. The molecule has 25 heavy (non-hydrogen) atoms. The fraction of sp³-hybridized carbons (Fsp3) is 0.556. The first-order chi connectivity index (χ1) is 11.9. The minimum Gasteiger partial charge on any atom is -0.444 e. The highest BCUT2D eigenvalue weighted by atomic mass is 16.6. The minimum atomic E-state index is -0.504. The van der Waals surface area contributed by atoms with Crippen molar-refractivity contribution in [1.29, 1.82) is 0 Å². The van der Waals surface area contributed by atoms with Crippen LogP contribution in [0.5, 0.6) is 0 Å². The van der Waals surface area contributed by atoms with Crippen LogP contribution in [-0.4, -0.2) is 44.4 Å². The van der Waals surface area contributed by atoms with E-state index in [4.69, 9.17) is 9.15 Å². The second kappa shape index (κ2) is 7.21. The van der Waals surface area contributed by atoms with Crippen molar-refractivity contribution in [2.24, 2.45) is 0 Å². The van der Waals surface area contributed by atoms with Crippen LogP contribution >= 0.6 is 0 Å². The van der Waals surface area contributed by atoms with Gasteiger partial charge in [-0.25, -0.2) is 4.79 Å². The Bertz CT molecular complexity index is 709. The van der Waals surface area contributed by atoms with E-state index in [1.807, 2.05) is 39.0 Å². The molecule has 1 saturated heterocycles. The molecule has 0 bridgehead atoms. The minimum absolute atomic E-state index is 0.0145. The number of nitrogens with zero attached hydrogens (tertiary/aromatic N) is 4. The number of hydrogen-bond acceptors (Lipinski definition) is 6. The van der Waals surface area contributed by atoms with Gasteiger partial charge < -0.3 is 14.1 Å². The van der Waals surface area contributed by atoms with E-state index in [1.165, 1.54) is 0 Å². The number of piperidine rings is 1. The summed E-state index contributed by atoms with van der Waals surface area (Å²) >= 11 is 0. The molecule has 3 rings (SSSR count). The highest BCUT2D eigenvalue weighted by molar-refractivity contribution is 5.68. The molecule has 1 fully saturated rings. The van der Waals surface area contributed by atoms with Crippen molar-refractivity contribution in [3.63, 3.8) is 0 Å². The predicted octanol–water partition coefficient (Wildman–Crippen LogP) is 3.46. The molecule has 2 aromatic heterocycles. The van der Waals surface area contributed by atoms with Crippen LogP contribution in [0.1, 0.15) is 45.9 Å². The first-order valence-electron chi connectivity index (χ1n) is 8.66. The molecule has 1 unspecified atom stereocenters. The Labute approximate surface area is 147 Å². The van der Waals surface area contributed by atoms with Crippen LogP contribution in [0.2, 0.25) is 0 Å². The average molecular weight is 344 g/mol. The van der Waals surface area contributed by atoms with E-state index in [9.17, 15) is 4.79 Å². The third kappa shape index (κ3) is 4.55. The molecule has 7 nitrogen and oxygen atoms in total. The molecule has 3 heterocycles. The van der Waals surface area contributed by atoms with Gasteiger partial charge in [-0.3, -0.25) is 4.98 Å². The number of ether oxygens (including phenoxy) is 1. The highest BCUT2D eigenvalue weighted by Crippen LogP contribution is 2.24. The Hall–Kier alpha value is -2.44. The lowest BCUT2D eigenvalue weighted by Crippen LogP contribution is -2.47. The van der Waals surface area contributed by atoms with Gasteiger partial charge in [-0.2, -0.15) is 0 Å². The number of pyridine rings is 1. The standard InChI is InChI=1S/C18H24N4O3/c1-18(2,3)25-17(23)22-11-7-5-8-13(22)12-15-20-21-16(24-15)14-9-4-6-10-19-14/h4,6,9-10,13H,5,7-8,11-12H2,1-3H3. The number of rotatable bonds is 3.